The molecule has 0 bridgehead atoms. The van der Waals surface area contributed by atoms with Gasteiger partial charge >= 0.3 is 51.4 Å². The first-order valence-corrected chi connectivity index (χ1v) is 21.0. The number of rotatable bonds is 3. The molecule has 0 aromatic rings. The number of hydrogen-bond donors (Lipinski definition) is 0. The van der Waals surface area contributed by atoms with Crippen molar-refractivity contribution in [2.45, 2.75) is 39.3 Å². The third kappa shape index (κ3) is 21.8. The Morgan fingerprint density at radius 1 is 0.467 bits per heavy atom. The predicted octanol–water partition coefficient (Wildman–Crippen LogP) is -0.439. The molecule has 0 amide bonds. The van der Waals surface area contributed by atoms with E-state index in [4.69, 9.17) is 32.8 Å². The van der Waals surface area contributed by atoms with Crippen molar-refractivity contribution in [3.63, 3.8) is 0 Å². The molecule has 0 radical (unpaired) electrons. The Hall–Kier alpha value is 2.01. The Balaban J connectivity index is 0. The normalized spacial score (nSPS) is 19.6. The molecule has 176 valence electrons. The van der Waals surface area contributed by atoms with Crippen LogP contribution in [0.3, 0.4) is 0 Å². The molecule has 0 saturated carbocycles. The smallest absolute Gasteiger partial charge is 0.595 e. The molecule has 0 unspecified atom stereocenters. The molecule has 1 heterocycles. The summed E-state index contributed by atoms with van der Waals surface area (Å²) in [5, 5.41) is 0. The zero-order chi connectivity index (χ0) is 22.0. The third-order valence-corrected chi connectivity index (χ3v) is 29.8. The van der Waals surface area contributed by atoms with Gasteiger partial charge in [0.25, 0.3) is 0 Å². The van der Waals surface area contributed by atoms with Gasteiger partial charge in [0.15, 0.2) is 0 Å². The van der Waals surface area contributed by atoms with Crippen molar-refractivity contribution >= 4 is 23.3 Å². The van der Waals surface area contributed by atoms with Crippen LogP contribution in [0.4, 0.5) is 0 Å². The van der Waals surface area contributed by atoms with Gasteiger partial charge in [0.2, 0.25) is 0 Å². The summed E-state index contributed by atoms with van der Waals surface area (Å²) in [5.74, 6) is 0. The van der Waals surface area contributed by atoms with E-state index in [1.807, 2.05) is 7.11 Å². The molecule has 0 spiro atoms. The summed E-state index contributed by atoms with van der Waals surface area (Å²) in [6.45, 7) is 21.6. The predicted molar refractivity (Wildman–Crippen MR) is 124 cm³/mol. The molecule has 0 aromatic carbocycles. The molecule has 30 heavy (non-hydrogen) atoms. The monoisotopic (exact) mass is 508 g/mol. The fourth-order valence-corrected chi connectivity index (χ4v) is 37.2. The minimum atomic E-state index is -0.981. The molecule has 1 rings (SSSR count). The zero-order valence-electron chi connectivity index (χ0n) is 20.8. The second-order valence-corrected chi connectivity index (χ2v) is 32.0. The van der Waals surface area contributed by atoms with E-state index in [2.05, 4.69) is 39.3 Å². The van der Waals surface area contributed by atoms with Crippen molar-refractivity contribution in [1.29, 1.82) is 0 Å². The average molecular weight is 509 g/mol. The van der Waals surface area contributed by atoms with Crippen molar-refractivity contribution < 1.29 is 84.2 Å². The molecule has 0 aromatic heterocycles. The summed E-state index contributed by atoms with van der Waals surface area (Å²) in [4.78, 5) is 0. The summed E-state index contributed by atoms with van der Waals surface area (Å²) < 4.78 is 37.7. The minimum Gasteiger partial charge on any atom is -0.595 e. The molecule has 0 atom stereocenters. The van der Waals surface area contributed by atoms with E-state index in [1.165, 1.54) is 0 Å². The van der Waals surface area contributed by atoms with E-state index >= 15 is 0 Å². The van der Waals surface area contributed by atoms with E-state index in [9.17, 15) is 0 Å². The van der Waals surface area contributed by atoms with Crippen LogP contribution in [0.1, 0.15) is 0 Å². The van der Waals surface area contributed by atoms with E-state index in [0.717, 1.165) is 0 Å². The molecular weight excluding hydrogens is 464 g/mol. The molecular formula is C19H45KO7Si3. The topological polar surface area (TPSA) is 64.6 Å². The van der Waals surface area contributed by atoms with Crippen LogP contribution in [-0.4, -0.2) is 110 Å². The van der Waals surface area contributed by atoms with E-state index in [1.54, 1.807) is 0 Å². The van der Waals surface area contributed by atoms with Crippen LogP contribution in [0.15, 0.2) is 0 Å². The molecule has 0 N–H and O–H groups in total. The maximum Gasteiger partial charge on any atom is 1.00 e. The fraction of sp³-hybridized carbons (Fsp3) is 1.00. The van der Waals surface area contributed by atoms with Gasteiger partial charge in [-0.3, -0.25) is 0 Å². The Morgan fingerprint density at radius 2 is 0.633 bits per heavy atom. The van der Waals surface area contributed by atoms with Crippen LogP contribution in [0.5, 0.6) is 0 Å². The fourth-order valence-electron chi connectivity index (χ4n) is 3.06. The van der Waals surface area contributed by atoms with Crippen LogP contribution >= 0.6 is 0 Å². The summed E-state index contributed by atoms with van der Waals surface area (Å²) in [7, 11) is -0.491. The van der Waals surface area contributed by atoms with Crippen molar-refractivity contribution in [1.82, 2.24) is 0 Å². The summed E-state index contributed by atoms with van der Waals surface area (Å²) in [5.41, 5.74) is 0. The maximum absolute atomic E-state index is 5.70. The molecule has 1 aliphatic rings. The van der Waals surface area contributed by atoms with Gasteiger partial charge in [0.1, 0.15) is 0 Å². The van der Waals surface area contributed by atoms with Crippen molar-refractivity contribution in [3.05, 3.63) is 0 Å². The second kappa shape index (κ2) is 21.5. The summed E-state index contributed by atoms with van der Waals surface area (Å²) in [6, 6.07) is 0. The van der Waals surface area contributed by atoms with Gasteiger partial charge in [-0.2, -0.15) is 0 Å². The minimum absolute atomic E-state index is 0. The zero-order valence-corrected chi connectivity index (χ0v) is 27.0. The van der Waals surface area contributed by atoms with Gasteiger partial charge < -0.3 is 32.8 Å². The van der Waals surface area contributed by atoms with E-state index in [0.29, 0.717) is 79.3 Å². The third-order valence-electron chi connectivity index (χ3n) is 3.80. The largest absolute Gasteiger partial charge is 1.00 e. The Kier molecular flexibility index (Phi) is 24.5. The van der Waals surface area contributed by atoms with Crippen LogP contribution in [-0.2, 0) is 32.8 Å². The average Bonchev–Trinajstić information content (AvgIpc) is 2.60. The first-order chi connectivity index (χ1) is 13.7. The first kappa shape index (κ1) is 34.2. The Bertz CT molecular complexity index is 280. The molecule has 11 heteroatoms. The molecule has 0 aliphatic carbocycles. The van der Waals surface area contributed by atoms with E-state index in [-0.39, 0.29) is 51.4 Å². The second-order valence-electron chi connectivity index (χ2n) is 8.71. The van der Waals surface area contributed by atoms with Gasteiger partial charge in [-0.1, -0.05) is 54.5 Å². The van der Waals surface area contributed by atoms with Crippen molar-refractivity contribution in [2.24, 2.45) is 0 Å². The van der Waals surface area contributed by atoms with Crippen LogP contribution in [0.25, 0.3) is 0 Å². The summed E-state index contributed by atoms with van der Waals surface area (Å²) >= 11 is 0. The quantitative estimate of drug-likeness (QED) is 0.479. The van der Waals surface area contributed by atoms with Crippen LogP contribution in [0.2, 0.25) is 39.3 Å². The number of ether oxygens (including phenoxy) is 6. The molecule has 7 nitrogen and oxygen atoms in total. The van der Waals surface area contributed by atoms with Gasteiger partial charge in [-0.25, -0.2) is 0 Å². The first-order valence-electron chi connectivity index (χ1n) is 10.6. The van der Waals surface area contributed by atoms with Gasteiger partial charge in [-0.15, -0.1) is 8.08 Å². The van der Waals surface area contributed by atoms with Gasteiger partial charge in [0.05, 0.1) is 79.3 Å². The van der Waals surface area contributed by atoms with E-state index < -0.39 is 23.3 Å². The Labute approximate surface area is 230 Å². The Morgan fingerprint density at radius 3 is 0.700 bits per heavy atom. The van der Waals surface area contributed by atoms with Crippen molar-refractivity contribution in [2.75, 3.05) is 86.4 Å². The summed E-state index contributed by atoms with van der Waals surface area (Å²) in [6.07, 6.45) is 0. The van der Waals surface area contributed by atoms with Crippen LogP contribution < -0.4 is 51.4 Å². The molecule has 1 fully saturated rings. The van der Waals surface area contributed by atoms with Crippen molar-refractivity contribution in [3.8, 4) is 0 Å². The van der Waals surface area contributed by atoms with Gasteiger partial charge in [-0.05, 0) is 7.11 Å². The molecule has 1 saturated heterocycles. The molecule has 1 aliphatic heterocycles. The standard InChI is InChI=1S/C12H24O6.C7H21OSi3.K/c1-2-14-5-6-16-9-10-18-12-11-17-8-7-15-4-3-13-1;1-8-9(10(2,3)4)11(5,6)7;/h1-12H2;1-7H3;/q;-1;+1. The number of hydrogen-bond acceptors (Lipinski definition) is 7. The SMILES string of the molecule is C1COCCOCCOCCOCCOCCO1.CO[Si-]([Si](C)(C)C)[Si](C)(C)C.[K+]. The maximum atomic E-state index is 5.70. The van der Waals surface area contributed by atoms with Gasteiger partial charge in [0, 0.05) is 0 Å². The van der Waals surface area contributed by atoms with Crippen LogP contribution in [0, 0.1) is 0 Å².